The summed E-state index contributed by atoms with van der Waals surface area (Å²) in [4.78, 5) is 11.8. The molecular formula is C12H15BrClNO2. The van der Waals surface area contributed by atoms with Crippen molar-refractivity contribution in [1.82, 2.24) is 5.32 Å². The van der Waals surface area contributed by atoms with Crippen LogP contribution in [0.4, 0.5) is 0 Å². The number of benzene rings is 1. The smallest absolute Gasteiger partial charge is 0.251 e. The van der Waals surface area contributed by atoms with E-state index in [0.29, 0.717) is 21.6 Å². The summed E-state index contributed by atoms with van der Waals surface area (Å²) in [7, 11) is 0. The molecule has 0 radical (unpaired) electrons. The lowest BCUT2D eigenvalue weighted by Crippen LogP contribution is -2.36. The second-order valence-corrected chi connectivity index (χ2v) is 5.90. The van der Waals surface area contributed by atoms with Crippen LogP contribution in [0.15, 0.2) is 22.7 Å². The Morgan fingerprint density at radius 2 is 2.18 bits per heavy atom. The van der Waals surface area contributed by atoms with Gasteiger partial charge < -0.3 is 10.4 Å². The zero-order valence-corrected chi connectivity index (χ0v) is 12.1. The molecule has 0 unspecified atom stereocenters. The van der Waals surface area contributed by atoms with E-state index in [9.17, 15) is 4.79 Å². The summed E-state index contributed by atoms with van der Waals surface area (Å²) in [5, 5.41) is 12.4. The first-order valence-corrected chi connectivity index (χ1v) is 6.37. The van der Waals surface area contributed by atoms with Gasteiger partial charge in [-0.15, -0.1) is 0 Å². The second kappa shape index (κ2) is 5.85. The predicted molar refractivity (Wildman–Crippen MR) is 72.4 cm³/mol. The van der Waals surface area contributed by atoms with Crippen molar-refractivity contribution in [2.24, 2.45) is 5.41 Å². The first-order chi connectivity index (χ1) is 7.85. The summed E-state index contributed by atoms with van der Waals surface area (Å²) in [6.45, 7) is 4.20. The second-order valence-electron chi connectivity index (χ2n) is 4.63. The number of nitrogens with one attached hydrogen (secondary N) is 1. The fraction of sp³-hybridized carbons (Fsp3) is 0.417. The zero-order valence-electron chi connectivity index (χ0n) is 9.76. The minimum absolute atomic E-state index is 0.0254. The maximum atomic E-state index is 11.8. The fourth-order valence-electron chi connectivity index (χ4n) is 1.11. The predicted octanol–water partition coefficient (Wildman–Crippen LogP) is 2.85. The van der Waals surface area contributed by atoms with Crippen molar-refractivity contribution in [3.05, 3.63) is 33.3 Å². The van der Waals surface area contributed by atoms with Gasteiger partial charge in [0.05, 0.1) is 5.02 Å². The van der Waals surface area contributed by atoms with E-state index in [-0.39, 0.29) is 17.9 Å². The molecule has 0 aliphatic rings. The lowest BCUT2D eigenvalue weighted by Gasteiger charge is -2.21. The van der Waals surface area contributed by atoms with Crippen LogP contribution >= 0.6 is 27.5 Å². The molecule has 0 bridgehead atoms. The molecule has 1 rings (SSSR count). The molecule has 0 aliphatic heterocycles. The standard InChI is InChI=1S/C12H15BrClNO2/c1-12(2,7-16)6-15-11(17)8-3-4-10(14)9(13)5-8/h3-5,16H,6-7H2,1-2H3,(H,15,17). The quantitative estimate of drug-likeness (QED) is 0.896. The highest BCUT2D eigenvalue weighted by molar-refractivity contribution is 9.10. The first-order valence-electron chi connectivity index (χ1n) is 5.20. The number of hydrogen-bond acceptors (Lipinski definition) is 2. The van der Waals surface area contributed by atoms with Crippen molar-refractivity contribution in [3.63, 3.8) is 0 Å². The Hall–Kier alpha value is -0.580. The molecule has 0 saturated carbocycles. The molecule has 0 saturated heterocycles. The number of rotatable bonds is 4. The summed E-state index contributed by atoms with van der Waals surface area (Å²) in [5.41, 5.74) is 0.217. The summed E-state index contributed by atoms with van der Waals surface area (Å²) in [6.07, 6.45) is 0. The molecule has 0 atom stereocenters. The van der Waals surface area contributed by atoms with Crippen LogP contribution < -0.4 is 5.32 Å². The largest absolute Gasteiger partial charge is 0.396 e. The molecule has 3 nitrogen and oxygen atoms in total. The number of amides is 1. The van der Waals surface area contributed by atoms with Crippen molar-refractivity contribution in [2.75, 3.05) is 13.2 Å². The van der Waals surface area contributed by atoms with Crippen molar-refractivity contribution >= 4 is 33.4 Å². The number of aliphatic hydroxyl groups is 1. The van der Waals surface area contributed by atoms with Gasteiger partial charge in [-0.25, -0.2) is 0 Å². The van der Waals surface area contributed by atoms with Crippen molar-refractivity contribution in [1.29, 1.82) is 0 Å². The molecule has 0 heterocycles. The van der Waals surface area contributed by atoms with Crippen LogP contribution in [0.5, 0.6) is 0 Å². The van der Waals surface area contributed by atoms with Crippen molar-refractivity contribution in [2.45, 2.75) is 13.8 Å². The number of halogens is 2. The van der Waals surface area contributed by atoms with Crippen LogP contribution in [0, 0.1) is 5.41 Å². The van der Waals surface area contributed by atoms with Gasteiger partial charge >= 0.3 is 0 Å². The minimum Gasteiger partial charge on any atom is -0.396 e. The summed E-state index contributed by atoms with van der Waals surface area (Å²) >= 11 is 9.11. The number of carbonyl (C=O) groups excluding carboxylic acids is 1. The van der Waals surface area contributed by atoms with Crippen LogP contribution in [0.25, 0.3) is 0 Å². The van der Waals surface area contributed by atoms with Gasteiger partial charge in [-0.05, 0) is 34.1 Å². The zero-order chi connectivity index (χ0) is 13.1. The molecule has 1 amide bonds. The van der Waals surface area contributed by atoms with Crippen LogP contribution in [0.2, 0.25) is 5.02 Å². The fourth-order valence-corrected chi connectivity index (χ4v) is 1.61. The number of carbonyl (C=O) groups is 1. The SMILES string of the molecule is CC(C)(CO)CNC(=O)c1ccc(Cl)c(Br)c1. The third-order valence-corrected chi connectivity index (χ3v) is 3.55. The number of aliphatic hydroxyl groups excluding tert-OH is 1. The molecule has 1 aromatic rings. The van der Waals surface area contributed by atoms with Gasteiger partial charge in [-0.3, -0.25) is 4.79 Å². The Bertz CT molecular complexity index is 421. The van der Waals surface area contributed by atoms with Gasteiger partial charge in [0.1, 0.15) is 0 Å². The highest BCUT2D eigenvalue weighted by atomic mass is 79.9. The molecule has 2 N–H and O–H groups in total. The number of hydrogen-bond donors (Lipinski definition) is 2. The highest BCUT2D eigenvalue weighted by Crippen LogP contribution is 2.23. The van der Waals surface area contributed by atoms with E-state index < -0.39 is 0 Å². The van der Waals surface area contributed by atoms with E-state index in [1.54, 1.807) is 18.2 Å². The molecule has 94 valence electrons. The summed E-state index contributed by atoms with van der Waals surface area (Å²) in [6, 6.07) is 5.00. The van der Waals surface area contributed by atoms with Gasteiger partial charge in [0.25, 0.3) is 5.91 Å². The molecular weight excluding hydrogens is 305 g/mol. The van der Waals surface area contributed by atoms with E-state index in [2.05, 4.69) is 21.2 Å². The molecule has 0 aromatic heterocycles. The van der Waals surface area contributed by atoms with Gasteiger partial charge in [0.2, 0.25) is 0 Å². The van der Waals surface area contributed by atoms with E-state index in [0.717, 1.165) is 0 Å². The highest BCUT2D eigenvalue weighted by Gasteiger charge is 2.18. The third-order valence-electron chi connectivity index (χ3n) is 2.34. The Kier molecular flexibility index (Phi) is 4.98. The van der Waals surface area contributed by atoms with Crippen LogP contribution in [-0.4, -0.2) is 24.2 Å². The minimum atomic E-state index is -0.320. The molecule has 0 fully saturated rings. The Morgan fingerprint density at radius 3 is 2.71 bits per heavy atom. The first kappa shape index (κ1) is 14.5. The molecule has 5 heteroatoms. The van der Waals surface area contributed by atoms with E-state index >= 15 is 0 Å². The Labute approximate surface area is 114 Å². The van der Waals surface area contributed by atoms with E-state index in [1.165, 1.54) is 0 Å². The van der Waals surface area contributed by atoms with Gasteiger partial charge in [0.15, 0.2) is 0 Å². The average Bonchev–Trinajstić information content (AvgIpc) is 2.30. The maximum absolute atomic E-state index is 11.8. The van der Waals surface area contributed by atoms with Gasteiger partial charge in [-0.1, -0.05) is 25.4 Å². The molecule has 0 spiro atoms. The Morgan fingerprint density at radius 1 is 1.53 bits per heavy atom. The third kappa shape index (κ3) is 4.30. The van der Waals surface area contributed by atoms with E-state index in [4.69, 9.17) is 16.7 Å². The maximum Gasteiger partial charge on any atom is 0.251 e. The average molecular weight is 321 g/mol. The van der Waals surface area contributed by atoms with Crippen LogP contribution in [-0.2, 0) is 0 Å². The van der Waals surface area contributed by atoms with Gasteiger partial charge in [0, 0.05) is 28.6 Å². The normalized spacial score (nSPS) is 11.4. The van der Waals surface area contributed by atoms with E-state index in [1.807, 2.05) is 13.8 Å². The topological polar surface area (TPSA) is 49.3 Å². The monoisotopic (exact) mass is 319 g/mol. The van der Waals surface area contributed by atoms with Crippen LogP contribution in [0.3, 0.4) is 0 Å². The van der Waals surface area contributed by atoms with Crippen molar-refractivity contribution in [3.8, 4) is 0 Å². The lowest BCUT2D eigenvalue weighted by molar-refractivity contribution is 0.0911. The molecule has 17 heavy (non-hydrogen) atoms. The van der Waals surface area contributed by atoms with Gasteiger partial charge in [-0.2, -0.15) is 0 Å². The van der Waals surface area contributed by atoms with Crippen LogP contribution in [0.1, 0.15) is 24.2 Å². The Balaban J connectivity index is 2.68. The summed E-state index contributed by atoms with van der Waals surface area (Å²) < 4.78 is 0.688. The van der Waals surface area contributed by atoms with Crippen molar-refractivity contribution < 1.29 is 9.90 Å². The molecule has 0 aliphatic carbocycles. The summed E-state index contributed by atoms with van der Waals surface area (Å²) in [5.74, 6) is -0.177. The lowest BCUT2D eigenvalue weighted by atomic mass is 9.95. The molecule has 1 aromatic carbocycles.